The van der Waals surface area contributed by atoms with Crippen LogP contribution >= 0.6 is 15.9 Å². The van der Waals surface area contributed by atoms with Gasteiger partial charge in [-0.25, -0.2) is 15.0 Å². The molecule has 2 aliphatic rings. The Balaban J connectivity index is 1.37. The second-order valence-corrected chi connectivity index (χ2v) is 9.78. The average molecular weight is 532 g/mol. The predicted molar refractivity (Wildman–Crippen MR) is 124 cm³/mol. The van der Waals surface area contributed by atoms with Crippen molar-refractivity contribution in [3.8, 4) is 11.4 Å². The van der Waals surface area contributed by atoms with Gasteiger partial charge in [0.1, 0.15) is 5.82 Å². The molecule has 34 heavy (non-hydrogen) atoms. The number of carbonyl (C=O) groups is 1. The summed E-state index contributed by atoms with van der Waals surface area (Å²) in [5.41, 5.74) is 0.501. The molecule has 1 amide bonds. The molecule has 1 aliphatic heterocycles. The van der Waals surface area contributed by atoms with Crippen molar-refractivity contribution in [3.63, 3.8) is 0 Å². The number of halogens is 4. The molecule has 1 aliphatic carbocycles. The first-order chi connectivity index (χ1) is 16.2. The normalized spacial score (nSPS) is 18.8. The Morgan fingerprint density at radius 1 is 1.15 bits per heavy atom. The topological polar surface area (TPSA) is 71.0 Å². The number of benzene rings is 1. The average Bonchev–Trinajstić information content (AvgIpc) is 3.48. The highest BCUT2D eigenvalue weighted by Gasteiger charge is 2.53. The van der Waals surface area contributed by atoms with Crippen LogP contribution in [0.25, 0.3) is 11.4 Å². The third-order valence-electron chi connectivity index (χ3n) is 6.46. The third-order valence-corrected chi connectivity index (χ3v) is 6.95. The minimum atomic E-state index is -4.43. The molecule has 1 saturated carbocycles. The van der Waals surface area contributed by atoms with Crippen LogP contribution in [0, 0.1) is 5.41 Å². The molecule has 5 rings (SSSR count). The fraction of sp³-hybridized carbons (Fsp3) is 0.333. The van der Waals surface area contributed by atoms with E-state index in [-0.39, 0.29) is 17.4 Å². The summed E-state index contributed by atoms with van der Waals surface area (Å²) < 4.78 is 39.2. The minimum Gasteiger partial charge on any atom is -0.368 e. The number of aromatic nitrogens is 3. The fourth-order valence-corrected chi connectivity index (χ4v) is 4.85. The maximum atomic E-state index is 13.8. The lowest BCUT2D eigenvalue weighted by molar-refractivity contribution is -0.137. The first-order valence-electron chi connectivity index (χ1n) is 10.9. The molecule has 2 fully saturated rings. The monoisotopic (exact) mass is 531 g/mol. The Morgan fingerprint density at radius 2 is 1.91 bits per heavy atom. The van der Waals surface area contributed by atoms with Crippen molar-refractivity contribution in [2.45, 2.75) is 31.5 Å². The van der Waals surface area contributed by atoms with Crippen LogP contribution in [0.3, 0.4) is 0 Å². The number of alkyl halides is 3. The smallest absolute Gasteiger partial charge is 0.368 e. The molecule has 3 aromatic rings. The highest BCUT2D eigenvalue weighted by Crippen LogP contribution is 2.55. The number of rotatable bonds is 5. The van der Waals surface area contributed by atoms with Gasteiger partial charge in [0, 0.05) is 47.8 Å². The largest absolute Gasteiger partial charge is 0.417 e. The Kier molecular flexibility index (Phi) is 5.79. The summed E-state index contributed by atoms with van der Waals surface area (Å²) in [5.74, 6) is 0.708. The summed E-state index contributed by atoms with van der Waals surface area (Å²) in [5, 5.41) is 3.12. The molecule has 1 N–H and O–H groups in total. The second kappa shape index (κ2) is 8.65. The van der Waals surface area contributed by atoms with Gasteiger partial charge in [0.25, 0.3) is 5.91 Å². The van der Waals surface area contributed by atoms with Crippen molar-refractivity contribution in [1.29, 1.82) is 0 Å². The molecule has 1 unspecified atom stereocenters. The Hall–Kier alpha value is -3.01. The van der Waals surface area contributed by atoms with Gasteiger partial charge in [0.2, 0.25) is 0 Å². The molecular weight excluding hydrogens is 511 g/mol. The number of anilines is 1. The van der Waals surface area contributed by atoms with E-state index in [0.717, 1.165) is 36.0 Å². The Bertz CT molecular complexity index is 1200. The van der Waals surface area contributed by atoms with Crippen LogP contribution in [0.15, 0.2) is 59.5 Å². The lowest BCUT2D eigenvalue weighted by Crippen LogP contribution is -2.40. The summed E-state index contributed by atoms with van der Waals surface area (Å²) in [7, 11) is 0. The van der Waals surface area contributed by atoms with Gasteiger partial charge < -0.3 is 10.2 Å². The van der Waals surface area contributed by atoms with Crippen molar-refractivity contribution >= 4 is 27.7 Å². The van der Waals surface area contributed by atoms with Gasteiger partial charge in [0.05, 0.1) is 11.1 Å². The molecule has 10 heteroatoms. The van der Waals surface area contributed by atoms with Gasteiger partial charge in [-0.15, -0.1) is 0 Å². The van der Waals surface area contributed by atoms with Crippen LogP contribution in [-0.4, -0.2) is 44.9 Å². The number of nitrogens with zero attached hydrogens (tertiary/aromatic N) is 4. The van der Waals surface area contributed by atoms with E-state index in [1.165, 1.54) is 6.07 Å². The van der Waals surface area contributed by atoms with Crippen molar-refractivity contribution in [2.24, 2.45) is 5.41 Å². The first kappa shape index (κ1) is 22.8. The highest BCUT2D eigenvalue weighted by atomic mass is 79.9. The number of nitrogens with one attached hydrogen (secondary N) is 1. The zero-order valence-electron chi connectivity index (χ0n) is 18.0. The predicted octanol–water partition coefficient (Wildman–Crippen LogP) is 5.43. The standard InChI is InChI=1S/C24H21BrF3N5O/c25-16-3-4-18(21-29-8-1-9-30-21)19(10-16)22(34)33-14-23(6-7-23)11-17(33)13-32-20-5-2-15(12-31-20)24(26,27)28/h1-5,8-10,12,17H,6-7,11,13-14H2,(H,31,32). The summed E-state index contributed by atoms with van der Waals surface area (Å²) in [6, 6.07) is 9.40. The number of likely N-dealkylation sites (tertiary alicyclic amines) is 1. The molecule has 1 saturated heterocycles. The van der Waals surface area contributed by atoms with E-state index in [1.807, 2.05) is 17.0 Å². The van der Waals surface area contributed by atoms with Crippen molar-refractivity contribution in [3.05, 3.63) is 70.6 Å². The van der Waals surface area contributed by atoms with E-state index in [9.17, 15) is 18.0 Å². The van der Waals surface area contributed by atoms with Gasteiger partial charge in [0.15, 0.2) is 5.82 Å². The van der Waals surface area contributed by atoms with Crippen LogP contribution in [0.1, 0.15) is 35.2 Å². The molecule has 2 aromatic heterocycles. The van der Waals surface area contributed by atoms with Gasteiger partial charge in [-0.1, -0.05) is 15.9 Å². The lowest BCUT2D eigenvalue weighted by atomic mass is 10.0. The maximum absolute atomic E-state index is 13.8. The Labute approximate surface area is 202 Å². The molecule has 0 bridgehead atoms. The van der Waals surface area contributed by atoms with Gasteiger partial charge in [-0.05, 0) is 61.1 Å². The number of hydrogen-bond acceptors (Lipinski definition) is 5. The van der Waals surface area contributed by atoms with Gasteiger partial charge >= 0.3 is 6.18 Å². The summed E-state index contributed by atoms with van der Waals surface area (Å²) in [6.45, 7) is 1.05. The number of pyridine rings is 1. The van der Waals surface area contributed by atoms with E-state index < -0.39 is 11.7 Å². The molecule has 1 aromatic carbocycles. The Morgan fingerprint density at radius 3 is 2.56 bits per heavy atom. The number of amides is 1. The third kappa shape index (κ3) is 4.64. The van der Waals surface area contributed by atoms with Gasteiger partial charge in [-0.3, -0.25) is 4.79 Å². The minimum absolute atomic E-state index is 0.109. The van der Waals surface area contributed by atoms with E-state index in [2.05, 4.69) is 36.2 Å². The van der Waals surface area contributed by atoms with E-state index >= 15 is 0 Å². The zero-order chi connectivity index (χ0) is 23.9. The molecule has 6 nitrogen and oxygen atoms in total. The van der Waals surface area contributed by atoms with Crippen LogP contribution in [0.2, 0.25) is 0 Å². The van der Waals surface area contributed by atoms with E-state index in [0.29, 0.717) is 35.9 Å². The highest BCUT2D eigenvalue weighted by molar-refractivity contribution is 9.10. The van der Waals surface area contributed by atoms with Gasteiger partial charge in [-0.2, -0.15) is 13.2 Å². The SMILES string of the molecule is O=C(c1cc(Br)ccc1-c1ncccn1)N1CC2(CC2)CC1CNc1ccc(C(F)(F)F)cn1. The molecule has 3 heterocycles. The van der Waals surface area contributed by atoms with Crippen molar-refractivity contribution < 1.29 is 18.0 Å². The summed E-state index contributed by atoms with van der Waals surface area (Å²) in [4.78, 5) is 28.2. The fourth-order valence-electron chi connectivity index (χ4n) is 4.49. The summed E-state index contributed by atoms with van der Waals surface area (Å²) in [6.07, 6.45) is 2.64. The zero-order valence-corrected chi connectivity index (χ0v) is 19.6. The van der Waals surface area contributed by atoms with Crippen LogP contribution in [0.4, 0.5) is 19.0 Å². The molecular formula is C24H21BrF3N5O. The van der Waals surface area contributed by atoms with Crippen LogP contribution in [0.5, 0.6) is 0 Å². The van der Waals surface area contributed by atoms with E-state index in [4.69, 9.17) is 0 Å². The molecule has 1 atom stereocenters. The van der Waals surface area contributed by atoms with Crippen LogP contribution in [-0.2, 0) is 6.18 Å². The summed E-state index contributed by atoms with van der Waals surface area (Å²) >= 11 is 3.46. The van der Waals surface area contributed by atoms with Crippen molar-refractivity contribution in [2.75, 3.05) is 18.4 Å². The molecule has 1 spiro atoms. The molecule has 176 valence electrons. The quantitative estimate of drug-likeness (QED) is 0.475. The molecule has 0 radical (unpaired) electrons. The maximum Gasteiger partial charge on any atom is 0.417 e. The lowest BCUT2D eigenvalue weighted by Gasteiger charge is -2.26. The number of hydrogen-bond donors (Lipinski definition) is 1. The van der Waals surface area contributed by atoms with Crippen LogP contribution < -0.4 is 5.32 Å². The van der Waals surface area contributed by atoms with E-state index in [1.54, 1.807) is 24.5 Å². The first-order valence-corrected chi connectivity index (χ1v) is 11.7. The second-order valence-electron chi connectivity index (χ2n) is 8.86. The van der Waals surface area contributed by atoms with Crippen molar-refractivity contribution in [1.82, 2.24) is 19.9 Å². The number of carbonyl (C=O) groups excluding carboxylic acids is 1.